The summed E-state index contributed by atoms with van der Waals surface area (Å²) in [5, 5.41) is 0. The number of hydrogen-bond acceptors (Lipinski definition) is 3. The number of nitrogens with zero attached hydrogens (tertiary/aromatic N) is 4. The van der Waals surface area contributed by atoms with Gasteiger partial charge in [-0.2, -0.15) is 0 Å². The average Bonchev–Trinajstić information content (AvgIpc) is 3.66. The summed E-state index contributed by atoms with van der Waals surface area (Å²) in [4.78, 5) is 7.34. The molecule has 0 saturated carbocycles. The number of fused-ring (bicyclic) bond motifs is 2. The molecule has 0 spiro atoms. The maximum absolute atomic E-state index is 6.90. The Morgan fingerprint density at radius 3 is 1.63 bits per heavy atom. The quantitative estimate of drug-likeness (QED) is 0.142. The second-order valence-corrected chi connectivity index (χ2v) is 24.9. The molecule has 0 aliphatic carbocycles. The van der Waals surface area contributed by atoms with E-state index in [-0.39, 0.29) is 27.6 Å². The first-order valence-corrected chi connectivity index (χ1v) is 26.9. The summed E-state index contributed by atoms with van der Waals surface area (Å²) in [6.45, 7) is 28.4. The predicted octanol–water partition coefficient (Wildman–Crippen LogP) is 17.5. The Morgan fingerprint density at radius 2 is 1.05 bits per heavy atom. The van der Waals surface area contributed by atoms with E-state index in [0.717, 1.165) is 50.7 Å². The molecule has 1 atom stereocenters. The van der Waals surface area contributed by atoms with E-state index in [4.69, 9.17) is 9.72 Å². The normalized spacial score (nSPS) is 14.4. The monoisotopic (exact) mass is 1140 g/mol. The third-order valence-corrected chi connectivity index (χ3v) is 15.5. The van der Waals surface area contributed by atoms with Crippen molar-refractivity contribution in [2.24, 2.45) is 0 Å². The number of imidazole rings is 1. The van der Waals surface area contributed by atoms with Gasteiger partial charge in [0.15, 0.2) is 0 Å². The topological polar surface area (TPSA) is 35.2 Å². The predicted molar refractivity (Wildman–Crippen MR) is 300 cm³/mol. The van der Waals surface area contributed by atoms with Crippen molar-refractivity contribution in [3.8, 4) is 45.1 Å². The number of rotatable bonds is 8. The fraction of sp³-hybridized carbons (Fsp3) is 0.284. The van der Waals surface area contributed by atoms with Crippen molar-refractivity contribution in [1.29, 1.82) is 0 Å². The fourth-order valence-corrected chi connectivity index (χ4v) is 11.2. The molecule has 374 valence electrons. The standard InChI is InChI=1S/C67H68N4O.Pt/c1-64(2,3)48-32-34-68-62(41-48)69-35-33-55(47-36-49(65(4,5)6)38-50(37-47)66(7,8)9)56-31-30-54(43-61(56)69)72-53-27-21-26-52(42-53)70-44-71(60-29-20-19-28-59(60)70)63-57(45-22-15-13-16-23-45)39-51(67(10,11)12)40-58(63)46-24-17-14-18-25-46;/h13-32,34,36-41,55H,33,35H2,1-12H3;/q-2;. The van der Waals surface area contributed by atoms with E-state index >= 15 is 0 Å². The number of aromatic nitrogens is 3. The first-order valence-electron chi connectivity index (χ1n) is 25.8. The SMILES string of the molecule is CC(C)(C)c1cc(C2CCN(c3cc(C(C)(C)C)ccn3)c3[c-]c(Oc4[c-]c(-n5[c](=[Pt])n(-c6c(-c7ccccc7)cc(C(C)(C)C)cc6-c6ccccc6)c6ccccc65)ccc4)ccc32)cc(C(C)(C)C)c1. The molecule has 7 aromatic carbocycles. The van der Waals surface area contributed by atoms with Gasteiger partial charge in [-0.1, -0.05) is 80.5 Å². The van der Waals surface area contributed by atoms with Gasteiger partial charge >= 0.3 is 322 Å². The molecular weight excluding hydrogens is 1070 g/mol. The minimum absolute atomic E-state index is 0.00488. The van der Waals surface area contributed by atoms with Crippen LogP contribution in [0.3, 0.4) is 0 Å². The van der Waals surface area contributed by atoms with Gasteiger partial charge < -0.3 is 0 Å². The van der Waals surface area contributed by atoms with Crippen LogP contribution in [0, 0.1) is 15.9 Å². The third-order valence-electron chi connectivity index (χ3n) is 14.5. The molecule has 10 rings (SSSR count). The molecule has 6 heteroatoms. The van der Waals surface area contributed by atoms with Gasteiger partial charge in [0.2, 0.25) is 0 Å². The Kier molecular flexibility index (Phi) is 13.1. The van der Waals surface area contributed by atoms with E-state index in [1.165, 1.54) is 55.6 Å². The summed E-state index contributed by atoms with van der Waals surface area (Å²) in [7, 11) is 0. The van der Waals surface area contributed by atoms with E-state index in [2.05, 4.69) is 280 Å². The summed E-state index contributed by atoms with van der Waals surface area (Å²) in [6, 6.07) is 64.9. The van der Waals surface area contributed by atoms with Crippen LogP contribution < -0.4 is 9.64 Å². The van der Waals surface area contributed by atoms with Gasteiger partial charge in [-0.25, -0.2) is 0 Å². The van der Waals surface area contributed by atoms with Crippen LogP contribution in [0.15, 0.2) is 164 Å². The van der Waals surface area contributed by atoms with Gasteiger partial charge in [-0.15, -0.1) is 0 Å². The van der Waals surface area contributed by atoms with Crippen LogP contribution in [-0.2, 0) is 41.0 Å². The molecule has 0 bridgehead atoms. The molecule has 0 saturated heterocycles. The first-order chi connectivity index (χ1) is 34.6. The summed E-state index contributed by atoms with van der Waals surface area (Å²) < 4.78 is 12.7. The Bertz CT molecular complexity index is 3460. The molecule has 1 unspecified atom stereocenters. The number of anilines is 2. The molecular formula is C67H68N4OPt-2. The van der Waals surface area contributed by atoms with Crippen molar-refractivity contribution >= 4 is 22.5 Å². The van der Waals surface area contributed by atoms with Crippen LogP contribution in [-0.4, -0.2) is 20.7 Å². The van der Waals surface area contributed by atoms with Gasteiger partial charge in [-0.05, 0) is 39.0 Å². The summed E-state index contributed by atoms with van der Waals surface area (Å²) >= 11 is 2.51. The summed E-state index contributed by atoms with van der Waals surface area (Å²) in [5.74, 6) is 2.34. The number of pyridine rings is 1. The van der Waals surface area contributed by atoms with E-state index in [0.29, 0.717) is 11.5 Å². The van der Waals surface area contributed by atoms with Crippen LogP contribution in [0.1, 0.15) is 129 Å². The van der Waals surface area contributed by atoms with Crippen molar-refractivity contribution in [2.75, 3.05) is 11.4 Å². The van der Waals surface area contributed by atoms with Gasteiger partial charge in [0.05, 0.1) is 0 Å². The zero-order valence-electron chi connectivity index (χ0n) is 44.6. The molecule has 2 aromatic heterocycles. The number of benzene rings is 7. The van der Waals surface area contributed by atoms with E-state index in [9.17, 15) is 0 Å². The maximum Gasteiger partial charge on any atom is -0.0132 e. The van der Waals surface area contributed by atoms with E-state index in [1.54, 1.807) is 0 Å². The van der Waals surface area contributed by atoms with Crippen molar-refractivity contribution in [3.05, 3.63) is 213 Å². The Labute approximate surface area is 445 Å². The van der Waals surface area contributed by atoms with E-state index in [1.807, 2.05) is 12.3 Å². The van der Waals surface area contributed by atoms with Gasteiger partial charge in [0.25, 0.3) is 0 Å². The molecule has 0 N–H and O–H groups in total. The van der Waals surface area contributed by atoms with Crippen molar-refractivity contribution in [3.63, 3.8) is 0 Å². The number of hydrogen-bond donors (Lipinski definition) is 0. The van der Waals surface area contributed by atoms with Crippen LogP contribution in [0.25, 0.3) is 44.7 Å². The Balaban J connectivity index is 1.10. The Morgan fingerprint density at radius 1 is 0.521 bits per heavy atom. The van der Waals surface area contributed by atoms with Gasteiger partial charge in [-0.3, -0.25) is 0 Å². The molecule has 9 aromatic rings. The molecule has 0 fully saturated rings. The van der Waals surface area contributed by atoms with Gasteiger partial charge in [0, 0.05) is 6.20 Å². The van der Waals surface area contributed by atoms with E-state index < -0.39 is 0 Å². The van der Waals surface area contributed by atoms with Crippen molar-refractivity contribution in [1.82, 2.24) is 14.1 Å². The second kappa shape index (κ2) is 19.1. The smallest absolute Gasteiger partial charge is 0.0132 e. The maximum atomic E-state index is 6.90. The van der Waals surface area contributed by atoms with Crippen LogP contribution in [0.4, 0.5) is 11.5 Å². The van der Waals surface area contributed by atoms with Crippen LogP contribution in [0.5, 0.6) is 11.5 Å². The molecule has 0 radical (unpaired) electrons. The second-order valence-electron chi connectivity index (χ2n) is 23.9. The number of para-hydroxylation sites is 2. The largest absolute Gasteiger partial charge is 0.0561 e. The van der Waals surface area contributed by atoms with Crippen LogP contribution in [0.2, 0.25) is 0 Å². The van der Waals surface area contributed by atoms with Crippen molar-refractivity contribution in [2.45, 2.75) is 117 Å². The summed E-state index contributed by atoms with van der Waals surface area (Å²) in [6.07, 6.45) is 2.90. The summed E-state index contributed by atoms with van der Waals surface area (Å²) in [5.41, 5.74) is 17.6. The Hall–Kier alpha value is -6.55. The molecule has 5 nitrogen and oxygen atoms in total. The first kappa shape index (κ1) is 50.0. The minimum Gasteiger partial charge on any atom is -0.0561 e. The zero-order valence-corrected chi connectivity index (χ0v) is 46.9. The molecule has 73 heavy (non-hydrogen) atoms. The molecule has 1 aliphatic rings. The zero-order chi connectivity index (χ0) is 51.6. The number of ether oxygens (including phenoxy) is 1. The molecule has 1 aliphatic heterocycles. The molecule has 0 amide bonds. The van der Waals surface area contributed by atoms with Gasteiger partial charge in [0.1, 0.15) is 0 Å². The third kappa shape index (κ3) is 9.98. The molecule has 3 heterocycles. The fourth-order valence-electron chi connectivity index (χ4n) is 10.2. The average molecular weight is 1140 g/mol. The minimum atomic E-state index is -0.0785. The van der Waals surface area contributed by atoms with Crippen LogP contribution >= 0.6 is 0 Å². The van der Waals surface area contributed by atoms with Crippen molar-refractivity contribution < 1.29 is 24.1 Å².